The Balaban J connectivity index is 0.000000163. The number of piperidine rings is 2. The van der Waals surface area contributed by atoms with Gasteiger partial charge in [0.25, 0.3) is 0 Å². The zero-order chi connectivity index (χ0) is 51.9. The monoisotopic (exact) mass is 1020 g/mol. The number of piperazine rings is 2. The number of carbonyl (C=O) groups is 1. The SMILES string of the molecule is C[C@H]1CN(c2cc(C3=NCc4ccc(OC5(C)CC5)cc43)ncn2)CCN1CC1CCN(C(=O)OC(C)(C)C)CC1.C[C@H]1CN(c2cc(C3=NCc4ccc(OC5(C)CC5)cc43)ncn2)CCN1CC1CCNCC1. The summed E-state index contributed by atoms with van der Waals surface area (Å²) in [6.45, 7) is 28.3. The van der Waals surface area contributed by atoms with E-state index in [1.165, 1.54) is 43.6 Å². The van der Waals surface area contributed by atoms with Crippen LogP contribution in [0.4, 0.5) is 16.4 Å². The molecular formula is C59H80N12O4. The average Bonchev–Trinajstić information content (AvgIpc) is 4.20. The molecule has 0 bridgehead atoms. The lowest BCUT2D eigenvalue weighted by atomic mass is 9.95. The molecule has 1 amide bonds. The maximum absolute atomic E-state index is 12.4. The molecule has 2 aliphatic carbocycles. The van der Waals surface area contributed by atoms with Crippen LogP contribution in [-0.4, -0.2) is 160 Å². The van der Waals surface area contributed by atoms with Crippen LogP contribution in [0.3, 0.4) is 0 Å². The van der Waals surface area contributed by atoms with Crippen LogP contribution in [0, 0.1) is 11.8 Å². The first-order chi connectivity index (χ1) is 36.1. The van der Waals surface area contributed by atoms with E-state index in [0.29, 0.717) is 31.1 Å². The zero-order valence-electron chi connectivity index (χ0n) is 45.7. The Morgan fingerprint density at radius 2 is 1.09 bits per heavy atom. The lowest BCUT2D eigenvalue weighted by Crippen LogP contribution is -2.54. The van der Waals surface area contributed by atoms with E-state index in [1.807, 2.05) is 25.7 Å². The molecule has 75 heavy (non-hydrogen) atoms. The molecule has 8 heterocycles. The summed E-state index contributed by atoms with van der Waals surface area (Å²) in [7, 11) is 0. The third-order valence-corrected chi connectivity index (χ3v) is 16.8. The summed E-state index contributed by atoms with van der Waals surface area (Å²) in [6, 6.07) is 17.9. The van der Waals surface area contributed by atoms with Gasteiger partial charge in [-0.2, -0.15) is 0 Å². The molecule has 6 fully saturated rings. The van der Waals surface area contributed by atoms with Gasteiger partial charge in [-0.3, -0.25) is 19.8 Å². The van der Waals surface area contributed by atoms with Gasteiger partial charge >= 0.3 is 6.09 Å². The molecule has 1 N–H and O–H groups in total. The minimum Gasteiger partial charge on any atom is -0.488 e. The summed E-state index contributed by atoms with van der Waals surface area (Å²) in [6.07, 6.45) is 12.3. The summed E-state index contributed by atoms with van der Waals surface area (Å²) < 4.78 is 18.0. The number of aromatic nitrogens is 4. The van der Waals surface area contributed by atoms with Gasteiger partial charge in [0, 0.05) is 101 Å². The number of anilines is 2. The molecule has 0 unspecified atom stereocenters. The van der Waals surface area contributed by atoms with Crippen LogP contribution < -0.4 is 24.6 Å². The second-order valence-corrected chi connectivity index (χ2v) is 24.3. The summed E-state index contributed by atoms with van der Waals surface area (Å²) >= 11 is 0. The molecule has 2 saturated carbocycles. The smallest absolute Gasteiger partial charge is 0.410 e. The van der Waals surface area contributed by atoms with Crippen molar-refractivity contribution in [2.24, 2.45) is 21.8 Å². The maximum Gasteiger partial charge on any atom is 0.410 e. The minimum atomic E-state index is -0.449. The fourth-order valence-corrected chi connectivity index (χ4v) is 11.6. The van der Waals surface area contributed by atoms with Gasteiger partial charge in [-0.05, 0) is 160 Å². The van der Waals surface area contributed by atoms with Crippen LogP contribution >= 0.6 is 0 Å². The number of rotatable bonds is 12. The number of ether oxygens (including phenoxy) is 3. The van der Waals surface area contributed by atoms with Gasteiger partial charge < -0.3 is 34.2 Å². The normalized spacial score (nSPS) is 23.6. The van der Waals surface area contributed by atoms with Crippen LogP contribution in [0.5, 0.6) is 11.5 Å². The second-order valence-electron chi connectivity index (χ2n) is 24.3. The van der Waals surface area contributed by atoms with Gasteiger partial charge in [-0.15, -0.1) is 0 Å². The Bertz CT molecular complexity index is 2750. The van der Waals surface area contributed by atoms with Crippen molar-refractivity contribution >= 4 is 29.2 Å². The highest BCUT2D eigenvalue weighted by Crippen LogP contribution is 2.42. The first-order valence-electron chi connectivity index (χ1n) is 28.2. The molecule has 12 rings (SSSR count). The summed E-state index contributed by atoms with van der Waals surface area (Å²) in [5.74, 6) is 5.24. The Hall–Kier alpha value is -5.71. The number of amides is 1. The van der Waals surface area contributed by atoms with Crippen molar-refractivity contribution in [1.29, 1.82) is 0 Å². The lowest BCUT2D eigenvalue weighted by Gasteiger charge is -2.43. The Kier molecular flexibility index (Phi) is 14.6. The number of hydrogen-bond donors (Lipinski definition) is 1. The Morgan fingerprint density at radius 3 is 1.53 bits per heavy atom. The standard InChI is InChI=1S/C32H44N6O3.C27H36N6O/c1-22-19-38(15-14-37(22)20-23-8-12-36(13-9-23)30(39)41-31(2,3)4)28-17-27(34-21-35-28)29-26-16-25(40-32(5)10-11-32)7-6-24(26)18-33-29;1-19-16-33(12-11-32(19)17-20-5-9-28-10-6-20)25-14-24(30-18-31-25)26-23-13-22(34-27(2)7-8-27)4-3-21(23)15-29-26/h6-7,16-17,21-23H,8-15,18-20H2,1-5H3;3-4,13-14,18-20,28H,5-12,15-17H2,1-2H3/t22-;19-/m00/s1. The van der Waals surface area contributed by atoms with E-state index in [1.54, 1.807) is 12.7 Å². The van der Waals surface area contributed by atoms with Crippen molar-refractivity contribution in [3.8, 4) is 11.5 Å². The lowest BCUT2D eigenvalue weighted by molar-refractivity contribution is 0.0161. The highest BCUT2D eigenvalue weighted by molar-refractivity contribution is 6.15. The highest BCUT2D eigenvalue weighted by Gasteiger charge is 2.41. The van der Waals surface area contributed by atoms with Crippen LogP contribution in [0.2, 0.25) is 0 Å². The van der Waals surface area contributed by atoms with E-state index in [2.05, 4.69) is 121 Å². The van der Waals surface area contributed by atoms with E-state index in [0.717, 1.165) is 160 Å². The molecule has 0 radical (unpaired) electrons. The van der Waals surface area contributed by atoms with Crippen molar-refractivity contribution in [3.63, 3.8) is 0 Å². The first-order valence-corrected chi connectivity index (χ1v) is 28.2. The van der Waals surface area contributed by atoms with Crippen molar-refractivity contribution in [1.82, 2.24) is 40.0 Å². The second kappa shape index (κ2) is 21.4. The number of nitrogens with one attached hydrogen (secondary N) is 1. The number of aliphatic imine (C=N–C) groups is 2. The van der Waals surface area contributed by atoms with E-state index < -0.39 is 5.60 Å². The van der Waals surface area contributed by atoms with Gasteiger partial charge in [-0.25, -0.2) is 24.7 Å². The van der Waals surface area contributed by atoms with E-state index in [-0.39, 0.29) is 17.3 Å². The fourth-order valence-electron chi connectivity index (χ4n) is 11.6. The molecule has 2 aromatic heterocycles. The van der Waals surface area contributed by atoms with Crippen LogP contribution in [-0.2, 0) is 17.8 Å². The van der Waals surface area contributed by atoms with Crippen LogP contribution in [0.1, 0.15) is 133 Å². The molecule has 2 atom stereocenters. The van der Waals surface area contributed by atoms with E-state index >= 15 is 0 Å². The molecule has 2 aromatic carbocycles. The molecule has 400 valence electrons. The number of hydrogen-bond acceptors (Lipinski definition) is 15. The molecule has 6 aliphatic heterocycles. The molecule has 16 heteroatoms. The van der Waals surface area contributed by atoms with Crippen molar-refractivity contribution in [3.05, 3.63) is 94.8 Å². The molecule has 4 saturated heterocycles. The first kappa shape index (κ1) is 51.4. The molecular weight excluding hydrogens is 941 g/mol. The summed E-state index contributed by atoms with van der Waals surface area (Å²) in [4.78, 5) is 52.6. The number of fused-ring (bicyclic) bond motifs is 2. The van der Waals surface area contributed by atoms with Crippen LogP contribution in [0.15, 0.2) is 71.2 Å². The minimum absolute atomic E-state index is 0.0114. The zero-order valence-corrected chi connectivity index (χ0v) is 45.7. The number of likely N-dealkylation sites (tertiary alicyclic amines) is 1. The number of nitrogens with zero attached hydrogens (tertiary/aromatic N) is 11. The topological polar surface area (TPSA) is 149 Å². The molecule has 16 nitrogen and oxygen atoms in total. The number of benzene rings is 2. The van der Waals surface area contributed by atoms with Gasteiger partial charge in [0.2, 0.25) is 0 Å². The van der Waals surface area contributed by atoms with E-state index in [9.17, 15) is 4.79 Å². The predicted molar refractivity (Wildman–Crippen MR) is 295 cm³/mol. The highest BCUT2D eigenvalue weighted by atomic mass is 16.6. The Labute approximate surface area is 444 Å². The van der Waals surface area contributed by atoms with Crippen molar-refractivity contribution < 1.29 is 19.0 Å². The van der Waals surface area contributed by atoms with Crippen LogP contribution in [0.25, 0.3) is 0 Å². The van der Waals surface area contributed by atoms with Crippen molar-refractivity contribution in [2.45, 2.75) is 142 Å². The Morgan fingerprint density at radius 1 is 0.627 bits per heavy atom. The number of carbonyl (C=O) groups excluding carboxylic acids is 1. The van der Waals surface area contributed by atoms with Gasteiger partial charge in [-0.1, -0.05) is 12.1 Å². The predicted octanol–water partition coefficient (Wildman–Crippen LogP) is 8.19. The quantitative estimate of drug-likeness (QED) is 0.146. The molecule has 4 aromatic rings. The third kappa shape index (κ3) is 12.4. The largest absolute Gasteiger partial charge is 0.488 e. The van der Waals surface area contributed by atoms with Gasteiger partial charge in [0.05, 0.1) is 35.9 Å². The molecule has 0 spiro atoms. The average molecular weight is 1020 g/mol. The summed E-state index contributed by atoms with van der Waals surface area (Å²) in [5.41, 5.74) is 7.94. The van der Waals surface area contributed by atoms with Gasteiger partial charge in [0.1, 0.15) is 52.6 Å². The fraction of sp³-hybridized carbons (Fsp3) is 0.610. The van der Waals surface area contributed by atoms with E-state index in [4.69, 9.17) is 24.2 Å². The maximum atomic E-state index is 12.4. The van der Waals surface area contributed by atoms with Gasteiger partial charge in [0.15, 0.2) is 0 Å². The third-order valence-electron chi connectivity index (χ3n) is 16.8. The molecule has 8 aliphatic rings. The van der Waals surface area contributed by atoms with Crippen molar-refractivity contribution in [2.75, 3.05) is 88.3 Å². The summed E-state index contributed by atoms with van der Waals surface area (Å²) in [5, 5.41) is 3.48.